The molecule has 1 aromatic carbocycles. The van der Waals surface area contributed by atoms with Gasteiger partial charge < -0.3 is 5.11 Å². The van der Waals surface area contributed by atoms with Crippen LogP contribution in [0, 0.1) is 0 Å². The summed E-state index contributed by atoms with van der Waals surface area (Å²) in [6.07, 6.45) is 1.40. The van der Waals surface area contributed by atoms with Crippen molar-refractivity contribution in [2.45, 2.75) is 18.9 Å². The number of nitrogens with zero attached hydrogens (tertiary/aromatic N) is 3. The first-order chi connectivity index (χ1) is 12.4. The van der Waals surface area contributed by atoms with Crippen molar-refractivity contribution in [3.63, 3.8) is 0 Å². The van der Waals surface area contributed by atoms with Crippen LogP contribution in [0.2, 0.25) is 0 Å². The van der Waals surface area contributed by atoms with Gasteiger partial charge in [0, 0.05) is 19.2 Å². The molecule has 3 N–H and O–H groups in total. The van der Waals surface area contributed by atoms with Gasteiger partial charge in [0.05, 0.1) is 11.4 Å². The van der Waals surface area contributed by atoms with Gasteiger partial charge in [-0.15, -0.1) is 0 Å². The summed E-state index contributed by atoms with van der Waals surface area (Å²) in [5.74, 6) is -0.465. The zero-order chi connectivity index (χ0) is 18.6. The van der Waals surface area contributed by atoms with E-state index in [1.165, 1.54) is 17.7 Å². The van der Waals surface area contributed by atoms with E-state index in [2.05, 4.69) is 0 Å². The summed E-state index contributed by atoms with van der Waals surface area (Å²) < 4.78 is 3.47. The molecular formula is C17H16N4O5. The second-order valence-corrected chi connectivity index (χ2v) is 6.31. The third-order valence-electron chi connectivity index (χ3n) is 4.58. The summed E-state index contributed by atoms with van der Waals surface area (Å²) in [5, 5.41) is 19.3. The Bertz CT molecular complexity index is 1220. The van der Waals surface area contributed by atoms with Crippen LogP contribution in [-0.2, 0) is 7.05 Å². The number of aryl methyl sites for hydroxylation is 1. The first-order valence-corrected chi connectivity index (χ1v) is 8.05. The Hall–Kier alpha value is -3.33. The Morgan fingerprint density at radius 3 is 2.54 bits per heavy atom. The predicted molar refractivity (Wildman–Crippen MR) is 94.4 cm³/mol. The van der Waals surface area contributed by atoms with Gasteiger partial charge in [-0.1, -0.05) is 6.07 Å². The molecular weight excluding hydrogens is 340 g/mol. The van der Waals surface area contributed by atoms with Gasteiger partial charge >= 0.3 is 5.69 Å². The number of rotatable bonds is 3. The molecule has 3 aromatic rings. The van der Waals surface area contributed by atoms with Crippen molar-refractivity contribution in [1.29, 1.82) is 0 Å². The summed E-state index contributed by atoms with van der Waals surface area (Å²) in [4.78, 5) is 38.1. The number of benzene rings is 1. The molecule has 0 unspecified atom stereocenters. The van der Waals surface area contributed by atoms with Crippen molar-refractivity contribution in [3.05, 3.63) is 61.5 Å². The largest absolute Gasteiger partial charge is 0.507 e. The van der Waals surface area contributed by atoms with Crippen molar-refractivity contribution >= 4 is 16.7 Å². The lowest BCUT2D eigenvalue weighted by molar-refractivity contribution is 0.389. The monoisotopic (exact) mass is 356 g/mol. The average Bonchev–Trinajstić information content (AvgIpc) is 3.44. The maximum absolute atomic E-state index is 13.1. The maximum Gasteiger partial charge on any atom is 0.337 e. The highest BCUT2D eigenvalue weighted by atomic mass is 16.5. The van der Waals surface area contributed by atoms with Crippen LogP contribution in [0.15, 0.2) is 44.7 Å². The number of aromatic hydroxyl groups is 1. The normalized spacial score (nSPS) is 13.9. The minimum Gasteiger partial charge on any atom is -0.507 e. The molecule has 1 saturated carbocycles. The standard InChI is InChI=1S/C17H16N4O5/c1-19-13(23)8-12(22)14-15(19)20(11-4-2-3-9(7-11)18-26)17(25)21(16(14)24)10-5-6-10/h2-4,7-8,10,18,22,26H,5-6H2,1H3. The van der Waals surface area contributed by atoms with E-state index in [0.717, 1.165) is 15.2 Å². The molecule has 2 aromatic heterocycles. The van der Waals surface area contributed by atoms with E-state index in [1.807, 2.05) is 5.48 Å². The molecule has 26 heavy (non-hydrogen) atoms. The minimum atomic E-state index is -0.617. The van der Waals surface area contributed by atoms with E-state index in [-0.39, 0.29) is 17.1 Å². The lowest BCUT2D eigenvalue weighted by Crippen LogP contribution is -2.41. The van der Waals surface area contributed by atoms with Gasteiger partial charge in [0.15, 0.2) is 0 Å². The Balaban J connectivity index is 2.26. The molecule has 1 aliphatic carbocycles. The smallest absolute Gasteiger partial charge is 0.337 e. The lowest BCUT2D eigenvalue weighted by atomic mass is 10.2. The third-order valence-corrected chi connectivity index (χ3v) is 4.58. The van der Waals surface area contributed by atoms with Crippen molar-refractivity contribution in [3.8, 4) is 11.4 Å². The van der Waals surface area contributed by atoms with Crippen molar-refractivity contribution in [2.24, 2.45) is 7.05 Å². The number of nitrogens with one attached hydrogen (secondary N) is 1. The van der Waals surface area contributed by atoms with Crippen molar-refractivity contribution < 1.29 is 10.3 Å². The summed E-state index contributed by atoms with van der Waals surface area (Å²) >= 11 is 0. The van der Waals surface area contributed by atoms with E-state index in [0.29, 0.717) is 24.2 Å². The molecule has 0 saturated heterocycles. The maximum atomic E-state index is 13.1. The molecule has 134 valence electrons. The van der Waals surface area contributed by atoms with Gasteiger partial charge in [0.25, 0.3) is 11.1 Å². The zero-order valence-corrected chi connectivity index (χ0v) is 13.8. The second-order valence-electron chi connectivity index (χ2n) is 6.31. The van der Waals surface area contributed by atoms with Gasteiger partial charge in [0.1, 0.15) is 16.8 Å². The highest BCUT2D eigenvalue weighted by molar-refractivity contribution is 5.82. The fourth-order valence-electron chi connectivity index (χ4n) is 3.15. The van der Waals surface area contributed by atoms with Gasteiger partial charge in [-0.3, -0.25) is 29.4 Å². The molecule has 0 bridgehead atoms. The number of hydrogen-bond acceptors (Lipinski definition) is 6. The summed E-state index contributed by atoms with van der Waals surface area (Å²) in [6, 6.07) is 7.04. The lowest BCUT2D eigenvalue weighted by Gasteiger charge is -2.17. The Morgan fingerprint density at radius 2 is 1.88 bits per heavy atom. The fraction of sp³-hybridized carbons (Fsp3) is 0.235. The summed E-state index contributed by atoms with van der Waals surface area (Å²) in [7, 11) is 1.43. The van der Waals surface area contributed by atoms with Crippen LogP contribution in [0.4, 0.5) is 5.69 Å². The minimum absolute atomic E-state index is 0.00279. The Labute approximate surface area is 145 Å². The Kier molecular flexibility index (Phi) is 3.48. The SMILES string of the molecule is Cn1c(=O)cc(O)c2c(=O)n(C3CC3)c(=O)n(-c3cccc(NO)c3)c21. The number of pyridine rings is 1. The highest BCUT2D eigenvalue weighted by Crippen LogP contribution is 2.33. The van der Waals surface area contributed by atoms with Crippen molar-refractivity contribution in [1.82, 2.24) is 13.7 Å². The molecule has 1 aliphatic rings. The molecule has 9 heteroatoms. The van der Waals surface area contributed by atoms with Crippen LogP contribution in [0.3, 0.4) is 0 Å². The number of anilines is 1. The van der Waals surface area contributed by atoms with Crippen LogP contribution >= 0.6 is 0 Å². The molecule has 9 nitrogen and oxygen atoms in total. The van der Waals surface area contributed by atoms with E-state index >= 15 is 0 Å². The number of hydrogen-bond donors (Lipinski definition) is 3. The van der Waals surface area contributed by atoms with E-state index in [9.17, 15) is 19.5 Å². The van der Waals surface area contributed by atoms with Gasteiger partial charge in [-0.05, 0) is 31.0 Å². The van der Waals surface area contributed by atoms with Crippen LogP contribution in [-0.4, -0.2) is 24.0 Å². The van der Waals surface area contributed by atoms with E-state index in [4.69, 9.17) is 5.21 Å². The van der Waals surface area contributed by atoms with Crippen LogP contribution in [0.25, 0.3) is 16.7 Å². The average molecular weight is 356 g/mol. The van der Waals surface area contributed by atoms with Gasteiger partial charge in [0.2, 0.25) is 0 Å². The molecule has 2 heterocycles. The fourth-order valence-corrected chi connectivity index (χ4v) is 3.15. The molecule has 0 aliphatic heterocycles. The molecule has 0 spiro atoms. The van der Waals surface area contributed by atoms with Crippen LogP contribution in [0.5, 0.6) is 5.75 Å². The quantitative estimate of drug-likeness (QED) is 0.594. The number of aromatic nitrogens is 3. The summed E-state index contributed by atoms with van der Waals surface area (Å²) in [5.41, 5.74) is 0.904. The molecule has 1 fully saturated rings. The first-order valence-electron chi connectivity index (χ1n) is 8.05. The highest BCUT2D eigenvalue weighted by Gasteiger charge is 2.30. The third kappa shape index (κ3) is 2.25. The molecule has 0 atom stereocenters. The van der Waals surface area contributed by atoms with E-state index < -0.39 is 22.6 Å². The topological polar surface area (TPSA) is 118 Å². The van der Waals surface area contributed by atoms with Crippen molar-refractivity contribution in [2.75, 3.05) is 5.48 Å². The van der Waals surface area contributed by atoms with Crippen LogP contribution < -0.4 is 22.3 Å². The van der Waals surface area contributed by atoms with Crippen LogP contribution in [0.1, 0.15) is 18.9 Å². The number of fused-ring (bicyclic) bond motifs is 1. The predicted octanol–water partition coefficient (Wildman–Crippen LogP) is 0.693. The molecule has 0 radical (unpaired) electrons. The summed E-state index contributed by atoms with van der Waals surface area (Å²) in [6.45, 7) is 0. The zero-order valence-electron chi connectivity index (χ0n) is 13.8. The molecule has 0 amide bonds. The molecule has 4 rings (SSSR count). The van der Waals surface area contributed by atoms with Gasteiger partial charge in [-0.2, -0.15) is 0 Å². The first kappa shape index (κ1) is 16.2. The second kappa shape index (κ2) is 5.60. The van der Waals surface area contributed by atoms with Gasteiger partial charge in [-0.25, -0.2) is 9.36 Å². The Morgan fingerprint density at radius 1 is 1.15 bits per heavy atom. The van der Waals surface area contributed by atoms with E-state index in [1.54, 1.807) is 18.2 Å².